The van der Waals surface area contributed by atoms with Crippen molar-refractivity contribution in [3.05, 3.63) is 29.8 Å². The smallest absolute Gasteiger partial charge is 0.313 e. The van der Waals surface area contributed by atoms with Gasteiger partial charge in [-0.1, -0.05) is 24.6 Å². The molecule has 194 valence electrons. The first-order chi connectivity index (χ1) is 17.3. The van der Waals surface area contributed by atoms with Crippen molar-refractivity contribution in [2.24, 2.45) is 17.8 Å². The number of Topliss-reactive ketones (excluding diaryl/α,β-unsaturated/α-hetero) is 1. The highest BCUT2D eigenvalue weighted by atomic mass is 16.3. The lowest BCUT2D eigenvalue weighted by Gasteiger charge is -2.30. The molecule has 10 nitrogen and oxygen atoms in total. The summed E-state index contributed by atoms with van der Waals surface area (Å²) < 4.78 is 0. The van der Waals surface area contributed by atoms with E-state index >= 15 is 0 Å². The summed E-state index contributed by atoms with van der Waals surface area (Å²) in [5.41, 5.74) is 1.33. The minimum absolute atomic E-state index is 0.0828. The van der Waals surface area contributed by atoms with E-state index in [-0.39, 0.29) is 24.2 Å². The third-order valence-corrected chi connectivity index (χ3v) is 7.79. The molecule has 36 heavy (non-hydrogen) atoms. The van der Waals surface area contributed by atoms with Crippen molar-refractivity contribution in [2.75, 3.05) is 25.0 Å². The van der Waals surface area contributed by atoms with Crippen molar-refractivity contribution in [2.45, 2.75) is 57.5 Å². The van der Waals surface area contributed by atoms with Crippen LogP contribution in [0.3, 0.4) is 0 Å². The van der Waals surface area contributed by atoms with Crippen LogP contribution in [-0.2, 0) is 24.0 Å². The monoisotopic (exact) mass is 498 g/mol. The Morgan fingerprint density at radius 1 is 1.14 bits per heavy atom. The summed E-state index contributed by atoms with van der Waals surface area (Å²) in [7, 11) is 0. The molecule has 1 unspecified atom stereocenters. The van der Waals surface area contributed by atoms with Crippen LogP contribution in [0.2, 0.25) is 0 Å². The summed E-state index contributed by atoms with van der Waals surface area (Å²) in [6, 6.07) is 5.18. The van der Waals surface area contributed by atoms with E-state index in [0.717, 1.165) is 31.2 Å². The third kappa shape index (κ3) is 5.43. The maximum Gasteiger partial charge on any atom is 0.313 e. The maximum absolute atomic E-state index is 13.5. The van der Waals surface area contributed by atoms with Gasteiger partial charge < -0.3 is 26.0 Å². The highest BCUT2D eigenvalue weighted by Gasteiger charge is 2.51. The first kappa shape index (κ1) is 25.8. The molecular weight excluding hydrogens is 464 g/mol. The number of aliphatic hydroxyl groups is 1. The Morgan fingerprint density at radius 2 is 1.92 bits per heavy atom. The Balaban J connectivity index is 1.50. The summed E-state index contributed by atoms with van der Waals surface area (Å²) in [6.07, 6.45) is 3.98. The molecule has 2 heterocycles. The average molecular weight is 499 g/mol. The Kier molecular flexibility index (Phi) is 8.03. The molecule has 3 fully saturated rings. The molecular formula is C26H34N4O6. The number of fused-ring (bicyclic) bond motifs is 1. The molecule has 4 rings (SSSR count). The van der Waals surface area contributed by atoms with Gasteiger partial charge in [-0.05, 0) is 62.5 Å². The highest BCUT2D eigenvalue weighted by Crippen LogP contribution is 2.42. The van der Waals surface area contributed by atoms with Gasteiger partial charge >= 0.3 is 11.8 Å². The van der Waals surface area contributed by atoms with Crippen LogP contribution in [0.25, 0.3) is 0 Å². The van der Waals surface area contributed by atoms with Crippen molar-refractivity contribution in [1.82, 2.24) is 15.5 Å². The predicted molar refractivity (Wildman–Crippen MR) is 131 cm³/mol. The molecule has 3 aliphatic rings. The molecule has 4 amide bonds. The summed E-state index contributed by atoms with van der Waals surface area (Å²) in [5, 5.41) is 17.6. The zero-order valence-corrected chi connectivity index (χ0v) is 20.5. The second-order valence-electron chi connectivity index (χ2n) is 10.1. The number of nitrogens with one attached hydrogen (secondary N) is 3. The zero-order valence-electron chi connectivity index (χ0n) is 20.5. The van der Waals surface area contributed by atoms with E-state index in [9.17, 15) is 29.1 Å². The molecule has 5 atom stereocenters. The number of aryl methyl sites for hydroxylation is 1. The van der Waals surface area contributed by atoms with Crippen molar-refractivity contribution in [3.63, 3.8) is 0 Å². The lowest BCUT2D eigenvalue weighted by Crippen LogP contribution is -2.55. The van der Waals surface area contributed by atoms with Crippen molar-refractivity contribution in [1.29, 1.82) is 0 Å². The van der Waals surface area contributed by atoms with E-state index in [1.807, 2.05) is 19.1 Å². The summed E-state index contributed by atoms with van der Waals surface area (Å²) in [5.74, 6) is -3.33. The average Bonchev–Trinajstić information content (AvgIpc) is 3.46. The molecule has 1 aromatic carbocycles. The number of carbonyl (C=O) groups is 5. The first-order valence-electron chi connectivity index (χ1n) is 12.7. The topological polar surface area (TPSA) is 145 Å². The van der Waals surface area contributed by atoms with Gasteiger partial charge in [0.1, 0.15) is 12.6 Å². The second kappa shape index (κ2) is 11.2. The lowest BCUT2D eigenvalue weighted by atomic mass is 9.89. The Labute approximate surface area is 210 Å². The number of amides is 4. The van der Waals surface area contributed by atoms with Gasteiger partial charge in [0.25, 0.3) is 0 Å². The van der Waals surface area contributed by atoms with Crippen LogP contribution < -0.4 is 16.0 Å². The first-order valence-corrected chi connectivity index (χ1v) is 12.7. The van der Waals surface area contributed by atoms with Gasteiger partial charge in [0, 0.05) is 24.7 Å². The fourth-order valence-electron chi connectivity index (χ4n) is 5.85. The van der Waals surface area contributed by atoms with Gasteiger partial charge in [0.2, 0.25) is 11.8 Å². The number of hydrogen-bond donors (Lipinski definition) is 4. The molecule has 10 heteroatoms. The molecule has 0 aromatic heterocycles. The molecule has 1 aromatic rings. The van der Waals surface area contributed by atoms with E-state index in [1.165, 1.54) is 4.90 Å². The lowest BCUT2D eigenvalue weighted by molar-refractivity contribution is -0.147. The molecule has 1 aliphatic carbocycles. The molecule has 0 spiro atoms. The second-order valence-corrected chi connectivity index (χ2v) is 10.1. The normalized spacial score (nSPS) is 26.1. The fourth-order valence-corrected chi connectivity index (χ4v) is 5.85. The fraction of sp³-hybridized carbons (Fsp3) is 0.577. The minimum Gasteiger partial charge on any atom is -0.389 e. The summed E-state index contributed by atoms with van der Waals surface area (Å²) >= 11 is 0. The van der Waals surface area contributed by atoms with Crippen molar-refractivity contribution >= 4 is 35.1 Å². The Bertz CT molecular complexity index is 1040. The number of nitrogens with zero attached hydrogens (tertiary/aromatic N) is 1. The van der Waals surface area contributed by atoms with E-state index in [1.54, 1.807) is 12.1 Å². The van der Waals surface area contributed by atoms with Crippen LogP contribution in [0.15, 0.2) is 24.3 Å². The number of piperidine rings is 1. The Morgan fingerprint density at radius 3 is 2.64 bits per heavy atom. The van der Waals surface area contributed by atoms with Crippen LogP contribution in [-0.4, -0.2) is 71.2 Å². The molecule has 4 N–H and O–H groups in total. The van der Waals surface area contributed by atoms with Crippen molar-refractivity contribution in [3.8, 4) is 0 Å². The molecule has 2 saturated heterocycles. The minimum atomic E-state index is -1.05. The van der Waals surface area contributed by atoms with Gasteiger partial charge in [-0.15, -0.1) is 0 Å². The van der Waals surface area contributed by atoms with Crippen molar-refractivity contribution < 1.29 is 29.1 Å². The zero-order chi connectivity index (χ0) is 25.8. The number of rotatable bonds is 7. The van der Waals surface area contributed by atoms with E-state index in [0.29, 0.717) is 25.2 Å². The molecule has 0 radical (unpaired) electrons. The van der Waals surface area contributed by atoms with E-state index in [4.69, 9.17) is 0 Å². The van der Waals surface area contributed by atoms with Crippen LogP contribution in [0.4, 0.5) is 5.69 Å². The number of hydrogen-bond acceptors (Lipinski definition) is 6. The summed E-state index contributed by atoms with van der Waals surface area (Å²) in [4.78, 5) is 65.6. The third-order valence-electron chi connectivity index (χ3n) is 7.79. The number of carbonyl (C=O) groups excluding carboxylic acids is 5. The highest BCUT2D eigenvalue weighted by molar-refractivity contribution is 6.40. The number of anilines is 1. The standard InChI is InChI=1S/C26H34N4O6/c1-15-6-2-3-10-19(15)28-25(35)26(36)30-13-17-7-4-9-18(17)22(30)24(34)29-20(21(32)14-31)12-16-8-5-11-27-23(16)33/h2-3,6,10,16-18,20,22,31H,4-5,7-9,11-14H2,1H3,(H,27,33)(H,28,35)(H,29,34)/t16-,17-,18-,20?,22-/m0/s1. The largest absolute Gasteiger partial charge is 0.389 e. The van der Waals surface area contributed by atoms with Gasteiger partial charge in [-0.3, -0.25) is 24.0 Å². The number of para-hydroxylation sites is 1. The van der Waals surface area contributed by atoms with Crippen LogP contribution in [0, 0.1) is 24.7 Å². The van der Waals surface area contributed by atoms with Gasteiger partial charge in [-0.25, -0.2) is 0 Å². The van der Waals surface area contributed by atoms with Gasteiger partial charge in [0.15, 0.2) is 5.78 Å². The number of benzene rings is 1. The van der Waals surface area contributed by atoms with Crippen LogP contribution in [0.1, 0.15) is 44.1 Å². The number of aliphatic hydroxyl groups excluding tert-OH is 1. The number of ketones is 1. The van der Waals surface area contributed by atoms with Crippen LogP contribution in [0.5, 0.6) is 0 Å². The van der Waals surface area contributed by atoms with Gasteiger partial charge in [0.05, 0.1) is 6.04 Å². The molecule has 1 saturated carbocycles. The molecule has 0 bridgehead atoms. The van der Waals surface area contributed by atoms with Crippen LogP contribution >= 0.6 is 0 Å². The molecule has 2 aliphatic heterocycles. The maximum atomic E-state index is 13.5. The Hall–Kier alpha value is -3.27. The number of likely N-dealkylation sites (tertiary alicyclic amines) is 1. The quantitative estimate of drug-likeness (QED) is 0.404. The van der Waals surface area contributed by atoms with E-state index < -0.39 is 48.1 Å². The van der Waals surface area contributed by atoms with E-state index in [2.05, 4.69) is 16.0 Å². The van der Waals surface area contributed by atoms with Gasteiger partial charge in [-0.2, -0.15) is 0 Å². The SMILES string of the molecule is Cc1ccccc1NC(=O)C(=O)N1C[C@@H]2CCC[C@@H]2[C@H]1C(=O)NC(C[C@@H]1CCCNC1=O)C(=O)CO. The summed E-state index contributed by atoms with van der Waals surface area (Å²) in [6.45, 7) is 1.93. The predicted octanol–water partition coefficient (Wildman–Crippen LogP) is 0.523.